The summed E-state index contributed by atoms with van der Waals surface area (Å²) in [6.07, 6.45) is 1.23. The lowest BCUT2D eigenvalue weighted by Crippen LogP contribution is -2.49. The van der Waals surface area contributed by atoms with Crippen LogP contribution in [0.5, 0.6) is 0 Å². The van der Waals surface area contributed by atoms with E-state index >= 15 is 0 Å². The Kier molecular flexibility index (Phi) is 5.97. The number of nitrogens with two attached hydrogens (primary N) is 1. The van der Waals surface area contributed by atoms with Crippen LogP contribution in [0, 0.1) is 5.41 Å². The van der Waals surface area contributed by atoms with Crippen LogP contribution < -0.4 is 15.8 Å². The number of benzene rings is 1. The maximum atomic E-state index is 12.7. The molecule has 0 bridgehead atoms. The van der Waals surface area contributed by atoms with Crippen molar-refractivity contribution in [2.45, 2.75) is 30.7 Å². The molecule has 0 radical (unpaired) electrons. The molecule has 1 fully saturated rings. The quantitative estimate of drug-likeness (QED) is 0.689. The molecular weight excluding hydrogens is 330 g/mol. The molecule has 1 unspecified atom stereocenters. The van der Waals surface area contributed by atoms with E-state index in [0.717, 1.165) is 5.56 Å². The first-order valence-corrected chi connectivity index (χ1v) is 9.45. The van der Waals surface area contributed by atoms with Crippen LogP contribution in [0.3, 0.4) is 0 Å². The van der Waals surface area contributed by atoms with Crippen molar-refractivity contribution < 1.29 is 17.9 Å². The minimum atomic E-state index is -3.46. The number of ether oxygens (including phenoxy) is 1. The van der Waals surface area contributed by atoms with E-state index in [2.05, 4.69) is 10.0 Å². The molecule has 1 aliphatic rings. The van der Waals surface area contributed by atoms with E-state index in [1.165, 1.54) is 19.2 Å². The largest absolute Gasteiger partial charge is 0.381 e. The van der Waals surface area contributed by atoms with Crippen molar-refractivity contribution in [2.24, 2.45) is 11.1 Å². The minimum absolute atomic E-state index is 0.0762. The fraction of sp³-hybridized carbons (Fsp3) is 0.562. The number of hydrogen-bond acceptors (Lipinski definition) is 5. The van der Waals surface area contributed by atoms with E-state index in [9.17, 15) is 13.2 Å². The van der Waals surface area contributed by atoms with Crippen molar-refractivity contribution in [2.75, 3.05) is 26.8 Å². The third kappa shape index (κ3) is 3.94. The van der Waals surface area contributed by atoms with Gasteiger partial charge in [-0.3, -0.25) is 4.79 Å². The van der Waals surface area contributed by atoms with Crippen LogP contribution in [-0.2, 0) is 19.6 Å². The lowest BCUT2D eigenvalue weighted by atomic mass is 9.79. The number of sulfonamides is 1. The molecule has 0 saturated carbocycles. The third-order valence-electron chi connectivity index (χ3n) is 4.63. The summed E-state index contributed by atoms with van der Waals surface area (Å²) in [4.78, 5) is 12.8. The highest BCUT2D eigenvalue weighted by molar-refractivity contribution is 7.89. The molecule has 2 rings (SSSR count). The summed E-state index contributed by atoms with van der Waals surface area (Å²) in [5, 5.41) is 2.99. The van der Waals surface area contributed by atoms with Gasteiger partial charge in [0.2, 0.25) is 15.9 Å². The molecule has 1 aromatic carbocycles. The van der Waals surface area contributed by atoms with Crippen molar-refractivity contribution >= 4 is 15.9 Å². The molecule has 4 N–H and O–H groups in total. The highest BCUT2D eigenvalue weighted by Gasteiger charge is 2.39. The van der Waals surface area contributed by atoms with Crippen LogP contribution in [-0.4, -0.2) is 41.1 Å². The number of hydrogen-bond donors (Lipinski definition) is 3. The maximum absolute atomic E-state index is 12.7. The van der Waals surface area contributed by atoms with E-state index < -0.39 is 15.4 Å². The van der Waals surface area contributed by atoms with Gasteiger partial charge in [-0.25, -0.2) is 13.1 Å². The van der Waals surface area contributed by atoms with Crippen molar-refractivity contribution in [1.29, 1.82) is 0 Å². The van der Waals surface area contributed by atoms with Crippen molar-refractivity contribution in [3.8, 4) is 0 Å². The molecule has 7 nitrogen and oxygen atoms in total. The fourth-order valence-electron chi connectivity index (χ4n) is 2.77. The number of carbonyl (C=O) groups is 1. The van der Waals surface area contributed by atoms with Gasteiger partial charge in [-0.2, -0.15) is 0 Å². The van der Waals surface area contributed by atoms with Gasteiger partial charge in [0, 0.05) is 19.8 Å². The summed E-state index contributed by atoms with van der Waals surface area (Å²) < 4.78 is 31.1. The summed E-state index contributed by atoms with van der Waals surface area (Å²) in [7, 11) is -2.10. The zero-order valence-corrected chi connectivity index (χ0v) is 14.9. The molecule has 8 heteroatoms. The number of nitrogens with one attached hydrogen (secondary N) is 2. The second kappa shape index (κ2) is 7.60. The molecule has 134 valence electrons. The lowest BCUT2D eigenvalue weighted by molar-refractivity contribution is -0.136. The second-order valence-corrected chi connectivity index (χ2v) is 7.96. The van der Waals surface area contributed by atoms with Crippen molar-refractivity contribution in [1.82, 2.24) is 10.0 Å². The Morgan fingerprint density at radius 3 is 2.38 bits per heavy atom. The topological polar surface area (TPSA) is 111 Å². The number of carbonyl (C=O) groups excluding carboxylic acids is 1. The van der Waals surface area contributed by atoms with Crippen LogP contribution in [0.2, 0.25) is 0 Å². The molecule has 0 aromatic heterocycles. The predicted octanol–water partition coefficient (Wildman–Crippen LogP) is 0.527. The first-order valence-electron chi connectivity index (χ1n) is 7.97. The van der Waals surface area contributed by atoms with E-state index in [0.29, 0.717) is 26.1 Å². The minimum Gasteiger partial charge on any atom is -0.381 e. The number of amides is 1. The molecule has 1 amide bonds. The molecule has 1 atom stereocenters. The fourth-order valence-corrected chi connectivity index (χ4v) is 3.50. The van der Waals surface area contributed by atoms with Gasteiger partial charge in [0.05, 0.1) is 16.4 Å². The molecule has 24 heavy (non-hydrogen) atoms. The van der Waals surface area contributed by atoms with Crippen LogP contribution in [0.25, 0.3) is 0 Å². The van der Waals surface area contributed by atoms with Crippen molar-refractivity contribution in [3.05, 3.63) is 29.8 Å². The zero-order valence-electron chi connectivity index (χ0n) is 14.0. The van der Waals surface area contributed by atoms with Gasteiger partial charge in [0.15, 0.2) is 0 Å². The van der Waals surface area contributed by atoms with E-state index in [1.807, 2.05) is 6.92 Å². The van der Waals surface area contributed by atoms with E-state index in [1.54, 1.807) is 12.1 Å². The Bertz CT molecular complexity index is 667. The Hall–Kier alpha value is -1.48. The average Bonchev–Trinajstić information content (AvgIpc) is 2.62. The highest BCUT2D eigenvalue weighted by Crippen LogP contribution is 2.30. The smallest absolute Gasteiger partial charge is 0.240 e. The van der Waals surface area contributed by atoms with Crippen LogP contribution in [0.15, 0.2) is 29.2 Å². The normalized spacial score (nSPS) is 18.8. The summed E-state index contributed by atoms with van der Waals surface area (Å²) in [6, 6.07) is 6.21. The SMILES string of the molecule is CNS(=O)(=O)c1ccc(C(C)NC(=O)C2(CN)CCOCC2)cc1. The molecule has 1 aromatic rings. The van der Waals surface area contributed by atoms with E-state index in [4.69, 9.17) is 10.5 Å². The Labute approximate surface area is 143 Å². The Morgan fingerprint density at radius 2 is 1.88 bits per heavy atom. The number of rotatable bonds is 6. The zero-order chi connectivity index (χ0) is 17.8. The second-order valence-electron chi connectivity index (χ2n) is 6.07. The monoisotopic (exact) mass is 355 g/mol. The summed E-state index contributed by atoms with van der Waals surface area (Å²) in [5.74, 6) is -0.0762. The van der Waals surface area contributed by atoms with Crippen molar-refractivity contribution in [3.63, 3.8) is 0 Å². The average molecular weight is 355 g/mol. The molecule has 0 aliphatic carbocycles. The summed E-state index contributed by atoms with van der Waals surface area (Å²) >= 11 is 0. The first-order chi connectivity index (χ1) is 11.3. The van der Waals surface area contributed by atoms with Gasteiger partial charge in [-0.05, 0) is 44.5 Å². The Morgan fingerprint density at radius 1 is 1.29 bits per heavy atom. The molecule has 1 aliphatic heterocycles. The van der Waals surface area contributed by atoms with Crippen LogP contribution in [0.1, 0.15) is 31.4 Å². The van der Waals surface area contributed by atoms with Gasteiger partial charge in [0.25, 0.3) is 0 Å². The summed E-state index contributed by atoms with van der Waals surface area (Å²) in [6.45, 7) is 3.22. The lowest BCUT2D eigenvalue weighted by Gasteiger charge is -2.35. The van der Waals surface area contributed by atoms with Gasteiger partial charge in [0.1, 0.15) is 0 Å². The van der Waals surface area contributed by atoms with Gasteiger partial charge >= 0.3 is 0 Å². The molecular formula is C16H25N3O4S. The standard InChI is InChI=1S/C16H25N3O4S/c1-12(13-3-5-14(6-4-13)24(21,22)18-2)19-15(20)16(11-17)7-9-23-10-8-16/h3-6,12,18H,7-11,17H2,1-2H3,(H,19,20). The van der Waals surface area contributed by atoms with Gasteiger partial charge in [-0.1, -0.05) is 12.1 Å². The highest BCUT2D eigenvalue weighted by atomic mass is 32.2. The molecule has 1 saturated heterocycles. The van der Waals surface area contributed by atoms with Gasteiger partial charge in [-0.15, -0.1) is 0 Å². The third-order valence-corrected chi connectivity index (χ3v) is 6.06. The molecule has 1 heterocycles. The first kappa shape index (κ1) is 18.9. The van der Waals surface area contributed by atoms with Crippen LogP contribution >= 0.6 is 0 Å². The van der Waals surface area contributed by atoms with E-state index in [-0.39, 0.29) is 23.4 Å². The van der Waals surface area contributed by atoms with Crippen LogP contribution in [0.4, 0.5) is 0 Å². The Balaban J connectivity index is 2.09. The predicted molar refractivity (Wildman–Crippen MR) is 90.8 cm³/mol. The summed E-state index contributed by atoms with van der Waals surface area (Å²) in [5.41, 5.74) is 6.10. The molecule has 0 spiro atoms. The maximum Gasteiger partial charge on any atom is 0.240 e. The van der Waals surface area contributed by atoms with Gasteiger partial charge < -0.3 is 15.8 Å².